The lowest BCUT2D eigenvalue weighted by molar-refractivity contribution is -0.128. The molecule has 0 radical (unpaired) electrons. The van der Waals surface area contributed by atoms with Crippen LogP contribution >= 0.6 is 0 Å². The van der Waals surface area contributed by atoms with E-state index in [0.29, 0.717) is 19.5 Å². The molecule has 0 bridgehead atoms. The Kier molecular flexibility index (Phi) is 5.18. The third-order valence-corrected chi connectivity index (χ3v) is 5.00. The van der Waals surface area contributed by atoms with E-state index in [9.17, 15) is 9.59 Å². The lowest BCUT2D eigenvalue weighted by Gasteiger charge is -2.38. The highest BCUT2D eigenvalue weighted by Crippen LogP contribution is 2.21. The first-order valence-corrected chi connectivity index (χ1v) is 8.68. The molecule has 3 fully saturated rings. The van der Waals surface area contributed by atoms with Gasteiger partial charge in [-0.15, -0.1) is 0 Å². The molecule has 3 saturated heterocycles. The number of hydrogen-bond acceptors (Lipinski definition) is 3. The maximum Gasteiger partial charge on any atom is 0.317 e. The Morgan fingerprint density at radius 3 is 2.82 bits per heavy atom. The van der Waals surface area contributed by atoms with Gasteiger partial charge in [-0.2, -0.15) is 0 Å². The summed E-state index contributed by atoms with van der Waals surface area (Å²) in [4.78, 5) is 28.2. The topological polar surface area (TPSA) is 61.9 Å². The van der Waals surface area contributed by atoms with E-state index in [2.05, 4.69) is 5.32 Å². The summed E-state index contributed by atoms with van der Waals surface area (Å²) in [6.07, 6.45) is 7.11. The maximum atomic E-state index is 12.5. The van der Waals surface area contributed by atoms with Crippen molar-refractivity contribution in [3.8, 4) is 0 Å². The Morgan fingerprint density at radius 1 is 1.18 bits per heavy atom. The van der Waals surface area contributed by atoms with Gasteiger partial charge in [0, 0.05) is 39.2 Å². The van der Waals surface area contributed by atoms with Gasteiger partial charge in [-0.25, -0.2) is 4.79 Å². The number of likely N-dealkylation sites (tertiary alicyclic amines) is 2. The summed E-state index contributed by atoms with van der Waals surface area (Å²) in [6.45, 7) is 3.76. The molecule has 0 aromatic rings. The molecule has 0 aromatic carbocycles. The zero-order chi connectivity index (χ0) is 15.4. The zero-order valence-electron chi connectivity index (χ0n) is 13.3. The predicted octanol–water partition coefficient (Wildman–Crippen LogP) is 1.35. The SMILES string of the molecule is O=C1CCCN1C[C@H]1CCCCN1C(=O)NC[C@H]1CCCO1. The minimum Gasteiger partial charge on any atom is -0.376 e. The van der Waals surface area contributed by atoms with Gasteiger partial charge in [-0.3, -0.25) is 4.79 Å². The van der Waals surface area contributed by atoms with E-state index in [-0.39, 0.29) is 24.1 Å². The van der Waals surface area contributed by atoms with Gasteiger partial charge in [-0.1, -0.05) is 0 Å². The monoisotopic (exact) mass is 309 g/mol. The number of nitrogens with zero attached hydrogens (tertiary/aromatic N) is 2. The van der Waals surface area contributed by atoms with Crippen LogP contribution < -0.4 is 5.32 Å². The molecule has 3 aliphatic rings. The van der Waals surface area contributed by atoms with Gasteiger partial charge < -0.3 is 19.9 Å². The van der Waals surface area contributed by atoms with E-state index >= 15 is 0 Å². The fourth-order valence-corrected chi connectivity index (χ4v) is 3.72. The third-order valence-electron chi connectivity index (χ3n) is 5.00. The zero-order valence-corrected chi connectivity index (χ0v) is 13.3. The number of nitrogens with one attached hydrogen (secondary N) is 1. The lowest BCUT2D eigenvalue weighted by Crippen LogP contribution is -2.53. The summed E-state index contributed by atoms with van der Waals surface area (Å²) in [5.41, 5.74) is 0. The fraction of sp³-hybridized carbons (Fsp3) is 0.875. The molecule has 6 nitrogen and oxygen atoms in total. The predicted molar refractivity (Wildman–Crippen MR) is 82.5 cm³/mol. The van der Waals surface area contributed by atoms with E-state index in [4.69, 9.17) is 4.74 Å². The Hall–Kier alpha value is -1.30. The molecule has 0 aromatic heterocycles. The van der Waals surface area contributed by atoms with Crippen molar-refractivity contribution in [1.82, 2.24) is 15.1 Å². The van der Waals surface area contributed by atoms with Gasteiger partial charge in [0.05, 0.1) is 12.1 Å². The van der Waals surface area contributed by atoms with Crippen molar-refractivity contribution in [2.75, 3.05) is 32.8 Å². The highest BCUT2D eigenvalue weighted by Gasteiger charge is 2.31. The summed E-state index contributed by atoms with van der Waals surface area (Å²) in [5.74, 6) is 0.241. The van der Waals surface area contributed by atoms with Crippen molar-refractivity contribution < 1.29 is 14.3 Å². The highest BCUT2D eigenvalue weighted by molar-refractivity contribution is 5.78. The van der Waals surface area contributed by atoms with Crippen molar-refractivity contribution in [2.45, 2.75) is 57.1 Å². The second-order valence-corrected chi connectivity index (χ2v) is 6.61. The van der Waals surface area contributed by atoms with Crippen molar-refractivity contribution in [3.05, 3.63) is 0 Å². The van der Waals surface area contributed by atoms with Crippen molar-refractivity contribution in [1.29, 1.82) is 0 Å². The highest BCUT2D eigenvalue weighted by atomic mass is 16.5. The second kappa shape index (κ2) is 7.31. The normalized spacial score (nSPS) is 29.2. The van der Waals surface area contributed by atoms with Crippen LogP contribution in [0, 0.1) is 0 Å². The molecule has 3 amide bonds. The van der Waals surface area contributed by atoms with E-state index < -0.39 is 0 Å². The second-order valence-electron chi connectivity index (χ2n) is 6.61. The number of ether oxygens (including phenoxy) is 1. The van der Waals surface area contributed by atoms with E-state index in [0.717, 1.165) is 58.2 Å². The van der Waals surface area contributed by atoms with Crippen molar-refractivity contribution >= 4 is 11.9 Å². The standard InChI is InChI=1S/C16H27N3O3/c20-15-7-3-8-18(15)12-13-5-1-2-9-19(13)16(21)17-11-14-6-4-10-22-14/h13-14H,1-12H2,(H,17,21)/t13-,14-/m1/s1. The molecule has 3 heterocycles. The molecular weight excluding hydrogens is 282 g/mol. The van der Waals surface area contributed by atoms with Crippen LogP contribution in [0.5, 0.6) is 0 Å². The number of urea groups is 1. The molecule has 6 heteroatoms. The molecule has 1 N–H and O–H groups in total. The van der Waals surface area contributed by atoms with Crippen LogP contribution in [0.2, 0.25) is 0 Å². The molecule has 0 saturated carbocycles. The maximum absolute atomic E-state index is 12.5. The van der Waals surface area contributed by atoms with Gasteiger partial charge in [0.15, 0.2) is 0 Å². The Morgan fingerprint density at radius 2 is 2.09 bits per heavy atom. The average molecular weight is 309 g/mol. The first-order chi connectivity index (χ1) is 10.7. The summed E-state index contributed by atoms with van der Waals surface area (Å²) in [6, 6.07) is 0.173. The number of carbonyl (C=O) groups is 2. The minimum absolute atomic E-state index is 0.00634. The van der Waals surface area contributed by atoms with Crippen molar-refractivity contribution in [2.24, 2.45) is 0 Å². The van der Waals surface area contributed by atoms with Gasteiger partial charge in [0.1, 0.15) is 0 Å². The van der Waals surface area contributed by atoms with Crippen LogP contribution in [-0.4, -0.2) is 66.7 Å². The van der Waals surface area contributed by atoms with Gasteiger partial charge in [-0.05, 0) is 38.5 Å². The van der Waals surface area contributed by atoms with E-state index in [1.807, 2.05) is 9.80 Å². The van der Waals surface area contributed by atoms with E-state index in [1.165, 1.54) is 0 Å². The smallest absolute Gasteiger partial charge is 0.317 e. The van der Waals surface area contributed by atoms with Crippen molar-refractivity contribution in [3.63, 3.8) is 0 Å². The molecule has 3 aliphatic heterocycles. The molecule has 2 atom stereocenters. The average Bonchev–Trinajstić information content (AvgIpc) is 3.18. The summed E-state index contributed by atoms with van der Waals surface area (Å²) >= 11 is 0. The molecule has 0 aliphatic carbocycles. The minimum atomic E-state index is 0.00634. The Balaban J connectivity index is 1.51. The molecule has 3 rings (SSSR count). The number of hydrogen-bond donors (Lipinski definition) is 1. The Labute approximate surface area is 132 Å². The number of piperidine rings is 1. The van der Waals surface area contributed by atoms with Crippen LogP contribution in [0.15, 0.2) is 0 Å². The number of carbonyl (C=O) groups excluding carboxylic acids is 2. The molecule has 22 heavy (non-hydrogen) atoms. The first-order valence-electron chi connectivity index (χ1n) is 8.68. The Bertz CT molecular complexity index is 409. The van der Waals surface area contributed by atoms with Crippen LogP contribution in [0.4, 0.5) is 4.79 Å². The molecular formula is C16H27N3O3. The largest absolute Gasteiger partial charge is 0.376 e. The van der Waals surface area contributed by atoms with Crippen LogP contribution in [0.25, 0.3) is 0 Å². The summed E-state index contributed by atoms with van der Waals surface area (Å²) in [7, 11) is 0. The molecule has 0 spiro atoms. The van der Waals surface area contributed by atoms with Gasteiger partial charge in [0.2, 0.25) is 5.91 Å². The first kappa shape index (κ1) is 15.6. The molecule has 124 valence electrons. The van der Waals surface area contributed by atoms with E-state index in [1.54, 1.807) is 0 Å². The number of rotatable bonds is 4. The third kappa shape index (κ3) is 3.72. The lowest BCUT2D eigenvalue weighted by atomic mass is 10.0. The van der Waals surface area contributed by atoms with Crippen LogP contribution in [0.3, 0.4) is 0 Å². The summed E-state index contributed by atoms with van der Waals surface area (Å²) in [5, 5.41) is 3.02. The van der Waals surface area contributed by atoms with Crippen LogP contribution in [-0.2, 0) is 9.53 Å². The van der Waals surface area contributed by atoms with Crippen LogP contribution in [0.1, 0.15) is 44.9 Å². The molecule has 0 unspecified atom stereocenters. The number of amides is 3. The quantitative estimate of drug-likeness (QED) is 0.853. The fourth-order valence-electron chi connectivity index (χ4n) is 3.72. The summed E-state index contributed by atoms with van der Waals surface area (Å²) < 4.78 is 5.55. The van der Waals surface area contributed by atoms with Gasteiger partial charge in [0.25, 0.3) is 0 Å². The van der Waals surface area contributed by atoms with Gasteiger partial charge >= 0.3 is 6.03 Å².